The predicted octanol–water partition coefficient (Wildman–Crippen LogP) is -0.176. The van der Waals surface area contributed by atoms with Gasteiger partial charge in [-0.3, -0.25) is 4.79 Å². The van der Waals surface area contributed by atoms with Gasteiger partial charge in [0.2, 0.25) is 5.91 Å². The Morgan fingerprint density at radius 3 is 2.76 bits per heavy atom. The summed E-state index contributed by atoms with van der Waals surface area (Å²) < 4.78 is 1.23. The Balaban J connectivity index is 1.66. The van der Waals surface area contributed by atoms with Gasteiger partial charge < -0.3 is 15.3 Å². The van der Waals surface area contributed by atoms with Crippen molar-refractivity contribution in [3.8, 4) is 0 Å². The van der Waals surface area contributed by atoms with E-state index in [1.54, 1.807) is 0 Å². The van der Waals surface area contributed by atoms with E-state index in [0.717, 1.165) is 19.5 Å². The fraction of sp³-hybridized carbons (Fsp3) is 0.692. The van der Waals surface area contributed by atoms with Crippen LogP contribution in [0.2, 0.25) is 0 Å². The Kier molecular flexibility index (Phi) is 5.26. The van der Waals surface area contributed by atoms with E-state index >= 15 is 0 Å². The number of carbonyl (C=O) groups is 2. The number of hydrogen-bond acceptors (Lipinski definition) is 5. The molecule has 1 amide bonds. The van der Waals surface area contributed by atoms with Crippen LogP contribution in [0, 0.1) is 5.92 Å². The van der Waals surface area contributed by atoms with Crippen LogP contribution in [0.15, 0.2) is 6.20 Å². The molecular formula is C13H21N5O3. The minimum atomic E-state index is -1.15. The maximum absolute atomic E-state index is 11.7. The molecule has 1 aliphatic heterocycles. The highest BCUT2D eigenvalue weighted by Gasteiger charge is 2.16. The van der Waals surface area contributed by atoms with Crippen LogP contribution in [0.25, 0.3) is 0 Å². The van der Waals surface area contributed by atoms with E-state index in [4.69, 9.17) is 5.11 Å². The molecule has 116 valence electrons. The monoisotopic (exact) mass is 295 g/mol. The third-order valence-electron chi connectivity index (χ3n) is 3.78. The summed E-state index contributed by atoms with van der Waals surface area (Å²) in [6, 6.07) is 0. The molecule has 0 saturated carbocycles. The number of piperidine rings is 1. The summed E-state index contributed by atoms with van der Waals surface area (Å²) in [4.78, 5) is 24.7. The van der Waals surface area contributed by atoms with Gasteiger partial charge in [0.15, 0.2) is 5.69 Å². The number of aromatic carboxylic acids is 1. The highest BCUT2D eigenvalue weighted by Crippen LogP contribution is 2.18. The summed E-state index contributed by atoms with van der Waals surface area (Å²) in [5.74, 6) is -0.653. The molecule has 0 bridgehead atoms. The van der Waals surface area contributed by atoms with E-state index in [1.165, 1.54) is 23.7 Å². The molecule has 1 saturated heterocycles. The molecular weight excluding hydrogens is 274 g/mol. The van der Waals surface area contributed by atoms with E-state index < -0.39 is 5.97 Å². The number of carboxylic acids is 1. The predicted molar refractivity (Wildman–Crippen MR) is 74.8 cm³/mol. The smallest absolute Gasteiger partial charge is 0.358 e. The molecule has 1 aromatic heterocycles. The van der Waals surface area contributed by atoms with Crippen molar-refractivity contribution in [1.82, 2.24) is 25.2 Å². The summed E-state index contributed by atoms with van der Waals surface area (Å²) in [5.41, 5.74) is -0.158. The maximum Gasteiger partial charge on any atom is 0.358 e. The number of nitrogens with one attached hydrogen (secondary N) is 1. The van der Waals surface area contributed by atoms with Crippen LogP contribution >= 0.6 is 0 Å². The minimum absolute atomic E-state index is 0.00627. The van der Waals surface area contributed by atoms with Crippen molar-refractivity contribution in [3.63, 3.8) is 0 Å². The molecule has 0 atom stereocenters. The molecule has 8 heteroatoms. The summed E-state index contributed by atoms with van der Waals surface area (Å²) in [5, 5.41) is 18.6. The first-order valence-corrected chi connectivity index (χ1v) is 7.13. The molecule has 0 spiro atoms. The number of amides is 1. The number of aromatic nitrogens is 3. The minimum Gasteiger partial charge on any atom is -0.476 e. The number of carbonyl (C=O) groups excluding carboxylic acids is 1. The van der Waals surface area contributed by atoms with Crippen LogP contribution in [-0.4, -0.2) is 63.6 Å². The number of nitrogens with zero attached hydrogens (tertiary/aromatic N) is 4. The van der Waals surface area contributed by atoms with Crippen molar-refractivity contribution >= 4 is 11.9 Å². The molecule has 21 heavy (non-hydrogen) atoms. The van der Waals surface area contributed by atoms with E-state index in [9.17, 15) is 9.59 Å². The molecule has 8 nitrogen and oxygen atoms in total. The molecule has 2 N–H and O–H groups in total. The lowest BCUT2D eigenvalue weighted by molar-refractivity contribution is -0.121. The quantitative estimate of drug-likeness (QED) is 0.755. The topological polar surface area (TPSA) is 100 Å². The fourth-order valence-electron chi connectivity index (χ4n) is 2.44. The third-order valence-corrected chi connectivity index (χ3v) is 3.78. The normalized spacial score (nSPS) is 16.8. The molecule has 2 heterocycles. The van der Waals surface area contributed by atoms with Gasteiger partial charge in [-0.05, 0) is 45.3 Å². The van der Waals surface area contributed by atoms with E-state index in [2.05, 4.69) is 27.6 Å². The molecule has 0 aromatic carbocycles. The van der Waals surface area contributed by atoms with Crippen molar-refractivity contribution in [3.05, 3.63) is 11.9 Å². The lowest BCUT2D eigenvalue weighted by Crippen LogP contribution is -2.33. The lowest BCUT2D eigenvalue weighted by atomic mass is 9.94. The molecule has 1 fully saturated rings. The lowest BCUT2D eigenvalue weighted by Gasteiger charge is -2.28. The fourth-order valence-corrected chi connectivity index (χ4v) is 2.44. The summed E-state index contributed by atoms with van der Waals surface area (Å²) in [6.07, 6.45) is 4.59. The number of hydrogen-bond donors (Lipinski definition) is 2. The van der Waals surface area contributed by atoms with E-state index in [0.29, 0.717) is 12.5 Å². The van der Waals surface area contributed by atoms with Gasteiger partial charge in [-0.25, -0.2) is 9.48 Å². The molecule has 0 aliphatic carbocycles. The Bertz CT molecular complexity index is 494. The van der Waals surface area contributed by atoms with Crippen LogP contribution in [-0.2, 0) is 11.3 Å². The second kappa shape index (κ2) is 7.16. The van der Waals surface area contributed by atoms with Crippen LogP contribution in [0.4, 0.5) is 0 Å². The Labute approximate surface area is 123 Å². The van der Waals surface area contributed by atoms with Crippen molar-refractivity contribution in [2.24, 2.45) is 5.92 Å². The second-order valence-electron chi connectivity index (χ2n) is 5.49. The second-order valence-corrected chi connectivity index (χ2v) is 5.49. The Morgan fingerprint density at radius 2 is 2.14 bits per heavy atom. The van der Waals surface area contributed by atoms with Gasteiger partial charge >= 0.3 is 5.97 Å². The number of likely N-dealkylation sites (tertiary alicyclic amines) is 1. The summed E-state index contributed by atoms with van der Waals surface area (Å²) in [6.45, 7) is 2.88. The van der Waals surface area contributed by atoms with Gasteiger partial charge in [-0.1, -0.05) is 5.21 Å². The molecule has 1 aromatic rings. The zero-order valence-electron chi connectivity index (χ0n) is 12.2. The van der Waals surface area contributed by atoms with Gasteiger partial charge in [-0.2, -0.15) is 0 Å². The molecule has 2 rings (SSSR count). The van der Waals surface area contributed by atoms with Crippen molar-refractivity contribution in [2.75, 3.05) is 26.7 Å². The average Bonchev–Trinajstić information content (AvgIpc) is 2.90. The first kappa shape index (κ1) is 15.4. The van der Waals surface area contributed by atoms with Crippen molar-refractivity contribution in [2.45, 2.75) is 25.8 Å². The van der Waals surface area contributed by atoms with Crippen LogP contribution < -0.4 is 5.32 Å². The standard InChI is InChI=1S/C13H21N5O3/c1-17-6-3-10(4-7-17)2-5-14-12(19)9-18-8-11(13(20)21)15-16-18/h8,10H,2-7,9H2,1H3,(H,14,19)(H,20,21). The van der Waals surface area contributed by atoms with Crippen LogP contribution in [0.1, 0.15) is 29.8 Å². The number of rotatable bonds is 6. The Hall–Kier alpha value is -1.96. The summed E-state index contributed by atoms with van der Waals surface area (Å²) >= 11 is 0. The van der Waals surface area contributed by atoms with Crippen molar-refractivity contribution < 1.29 is 14.7 Å². The Morgan fingerprint density at radius 1 is 1.43 bits per heavy atom. The molecule has 0 radical (unpaired) electrons. The highest BCUT2D eigenvalue weighted by molar-refractivity contribution is 5.84. The maximum atomic E-state index is 11.7. The van der Waals surface area contributed by atoms with Crippen molar-refractivity contribution in [1.29, 1.82) is 0 Å². The third kappa shape index (κ3) is 4.82. The van der Waals surface area contributed by atoms with Gasteiger partial charge in [0.1, 0.15) is 6.54 Å². The summed E-state index contributed by atoms with van der Waals surface area (Å²) in [7, 11) is 2.13. The zero-order valence-corrected chi connectivity index (χ0v) is 12.2. The zero-order chi connectivity index (χ0) is 15.2. The largest absolute Gasteiger partial charge is 0.476 e. The van der Waals surface area contributed by atoms with E-state index in [1.807, 2.05) is 0 Å². The SMILES string of the molecule is CN1CCC(CCNC(=O)Cn2cc(C(=O)O)nn2)CC1. The van der Waals surface area contributed by atoms with Crippen LogP contribution in [0.5, 0.6) is 0 Å². The average molecular weight is 295 g/mol. The molecule has 1 aliphatic rings. The van der Waals surface area contributed by atoms with Gasteiger partial charge in [0.05, 0.1) is 6.20 Å². The van der Waals surface area contributed by atoms with Gasteiger partial charge in [0, 0.05) is 6.54 Å². The van der Waals surface area contributed by atoms with E-state index in [-0.39, 0.29) is 18.1 Å². The first-order valence-electron chi connectivity index (χ1n) is 7.13. The van der Waals surface area contributed by atoms with Crippen LogP contribution in [0.3, 0.4) is 0 Å². The van der Waals surface area contributed by atoms with Gasteiger partial charge in [-0.15, -0.1) is 5.10 Å². The molecule has 0 unspecified atom stereocenters. The number of carboxylic acid groups (broad SMARTS) is 1. The first-order chi connectivity index (χ1) is 10.0. The van der Waals surface area contributed by atoms with Gasteiger partial charge in [0.25, 0.3) is 0 Å². The highest BCUT2D eigenvalue weighted by atomic mass is 16.4.